The molecule has 0 amide bonds. The van der Waals surface area contributed by atoms with Crippen LogP contribution in [0.15, 0.2) is 12.1 Å². The highest BCUT2D eigenvalue weighted by molar-refractivity contribution is 5.72. The minimum Gasteiger partial charge on any atom is -0.397 e. The van der Waals surface area contributed by atoms with Crippen LogP contribution in [0.2, 0.25) is 0 Å². The van der Waals surface area contributed by atoms with Crippen LogP contribution in [0.4, 0.5) is 17.1 Å². The first-order valence-electron chi connectivity index (χ1n) is 4.38. The lowest BCUT2D eigenvalue weighted by Crippen LogP contribution is -2.06. The van der Waals surface area contributed by atoms with Crippen LogP contribution < -0.4 is 11.5 Å². The maximum atomic E-state index is 10.7. The molecule has 82 valence electrons. The fraction of sp³-hybridized carbons (Fsp3) is 0.333. The molecule has 1 aromatic carbocycles. The van der Waals surface area contributed by atoms with Crippen molar-refractivity contribution in [3.05, 3.63) is 27.8 Å². The average Bonchev–Trinajstić information content (AvgIpc) is 2.19. The lowest BCUT2D eigenvalue weighted by Gasteiger charge is -2.08. The van der Waals surface area contributed by atoms with Gasteiger partial charge in [-0.25, -0.2) is 0 Å². The van der Waals surface area contributed by atoms with Gasteiger partial charge in [0.15, 0.2) is 0 Å². The van der Waals surface area contributed by atoms with Crippen molar-refractivity contribution < 1.29 is 9.66 Å². The molecule has 0 aliphatic heterocycles. The Kier molecular flexibility index (Phi) is 3.46. The SMILES string of the molecule is COCCc1c([N+](=O)[O-])ccc(N)c1N. The number of nitrogens with two attached hydrogens (primary N) is 2. The number of anilines is 2. The summed E-state index contributed by atoms with van der Waals surface area (Å²) < 4.78 is 4.86. The van der Waals surface area contributed by atoms with Gasteiger partial charge >= 0.3 is 0 Å². The summed E-state index contributed by atoms with van der Waals surface area (Å²) in [5.74, 6) is 0. The van der Waals surface area contributed by atoms with E-state index in [1.54, 1.807) is 0 Å². The number of nitrogens with zero attached hydrogens (tertiary/aromatic N) is 1. The third-order valence-electron chi connectivity index (χ3n) is 2.12. The fourth-order valence-corrected chi connectivity index (χ4v) is 1.31. The summed E-state index contributed by atoms with van der Waals surface area (Å²) in [5.41, 5.74) is 12.3. The molecule has 0 atom stereocenters. The van der Waals surface area contributed by atoms with E-state index in [-0.39, 0.29) is 11.4 Å². The molecule has 0 aromatic heterocycles. The van der Waals surface area contributed by atoms with Gasteiger partial charge in [0, 0.05) is 19.6 Å². The van der Waals surface area contributed by atoms with Gasteiger partial charge < -0.3 is 16.2 Å². The Balaban J connectivity index is 3.16. The van der Waals surface area contributed by atoms with Gasteiger partial charge in [0.25, 0.3) is 5.69 Å². The van der Waals surface area contributed by atoms with Crippen molar-refractivity contribution in [3.63, 3.8) is 0 Å². The lowest BCUT2D eigenvalue weighted by molar-refractivity contribution is -0.385. The van der Waals surface area contributed by atoms with E-state index in [2.05, 4.69) is 0 Å². The summed E-state index contributed by atoms with van der Waals surface area (Å²) in [4.78, 5) is 10.2. The van der Waals surface area contributed by atoms with E-state index in [4.69, 9.17) is 16.2 Å². The second-order valence-electron chi connectivity index (χ2n) is 3.07. The van der Waals surface area contributed by atoms with Crippen LogP contribution in [-0.4, -0.2) is 18.6 Å². The predicted octanol–water partition coefficient (Wildman–Crippen LogP) is 0.948. The molecule has 0 aliphatic rings. The smallest absolute Gasteiger partial charge is 0.274 e. The maximum Gasteiger partial charge on any atom is 0.274 e. The topological polar surface area (TPSA) is 104 Å². The van der Waals surface area contributed by atoms with Gasteiger partial charge in [0.2, 0.25) is 0 Å². The average molecular weight is 211 g/mol. The van der Waals surface area contributed by atoms with E-state index >= 15 is 0 Å². The number of nitro groups is 1. The Morgan fingerprint density at radius 3 is 2.67 bits per heavy atom. The van der Waals surface area contributed by atoms with Gasteiger partial charge in [-0.05, 0) is 6.07 Å². The van der Waals surface area contributed by atoms with Gasteiger partial charge in [-0.2, -0.15) is 0 Å². The molecule has 0 heterocycles. The van der Waals surface area contributed by atoms with Crippen molar-refractivity contribution >= 4 is 17.1 Å². The van der Waals surface area contributed by atoms with Crippen LogP contribution >= 0.6 is 0 Å². The Morgan fingerprint density at radius 2 is 2.13 bits per heavy atom. The molecule has 6 nitrogen and oxygen atoms in total. The van der Waals surface area contributed by atoms with Gasteiger partial charge in [0.1, 0.15) is 0 Å². The van der Waals surface area contributed by atoms with E-state index in [0.717, 1.165) is 0 Å². The number of benzene rings is 1. The summed E-state index contributed by atoms with van der Waals surface area (Å²) in [6.45, 7) is 0.370. The Morgan fingerprint density at radius 1 is 1.47 bits per heavy atom. The maximum absolute atomic E-state index is 10.7. The van der Waals surface area contributed by atoms with Crippen LogP contribution in [-0.2, 0) is 11.2 Å². The highest BCUT2D eigenvalue weighted by Crippen LogP contribution is 2.29. The van der Waals surface area contributed by atoms with Crippen LogP contribution in [0.1, 0.15) is 5.56 Å². The second-order valence-corrected chi connectivity index (χ2v) is 3.07. The molecule has 0 saturated heterocycles. The van der Waals surface area contributed by atoms with Crippen molar-refractivity contribution in [2.75, 3.05) is 25.2 Å². The molecule has 0 fully saturated rings. The molecule has 1 rings (SSSR count). The quantitative estimate of drug-likeness (QED) is 0.438. The number of methoxy groups -OCH3 is 1. The summed E-state index contributed by atoms with van der Waals surface area (Å²) >= 11 is 0. The minimum absolute atomic E-state index is 0.0150. The van der Waals surface area contributed by atoms with Crippen LogP contribution in [0, 0.1) is 10.1 Å². The van der Waals surface area contributed by atoms with Crippen molar-refractivity contribution in [1.29, 1.82) is 0 Å². The molecule has 0 saturated carbocycles. The molecule has 1 aromatic rings. The molecule has 4 N–H and O–H groups in total. The summed E-state index contributed by atoms with van der Waals surface area (Å²) in [6.07, 6.45) is 0.379. The molecule has 0 spiro atoms. The number of nitro benzene ring substituents is 1. The van der Waals surface area contributed by atoms with E-state index in [1.807, 2.05) is 0 Å². The zero-order valence-electron chi connectivity index (χ0n) is 8.40. The first-order valence-corrected chi connectivity index (χ1v) is 4.38. The molecule has 0 bridgehead atoms. The molecule has 15 heavy (non-hydrogen) atoms. The number of rotatable bonds is 4. The summed E-state index contributed by atoms with van der Waals surface area (Å²) in [7, 11) is 1.52. The fourth-order valence-electron chi connectivity index (χ4n) is 1.31. The van der Waals surface area contributed by atoms with E-state index in [1.165, 1.54) is 19.2 Å². The number of ether oxygens (including phenoxy) is 1. The Bertz CT molecular complexity index is 379. The zero-order chi connectivity index (χ0) is 11.4. The minimum atomic E-state index is -0.471. The van der Waals surface area contributed by atoms with E-state index < -0.39 is 4.92 Å². The number of hydrogen-bond donors (Lipinski definition) is 2. The number of hydrogen-bond acceptors (Lipinski definition) is 5. The van der Waals surface area contributed by atoms with E-state index in [9.17, 15) is 10.1 Å². The van der Waals surface area contributed by atoms with Crippen LogP contribution in [0.25, 0.3) is 0 Å². The lowest BCUT2D eigenvalue weighted by atomic mass is 10.1. The van der Waals surface area contributed by atoms with Crippen LogP contribution in [0.5, 0.6) is 0 Å². The highest BCUT2D eigenvalue weighted by Gasteiger charge is 2.17. The van der Waals surface area contributed by atoms with Gasteiger partial charge in [-0.15, -0.1) is 0 Å². The standard InChI is InChI=1S/C9H13N3O3/c1-15-5-4-6-8(12(13)14)3-2-7(10)9(6)11/h2-3H,4-5,10-11H2,1H3. The van der Waals surface area contributed by atoms with Crippen molar-refractivity contribution in [3.8, 4) is 0 Å². The third-order valence-corrected chi connectivity index (χ3v) is 2.12. The number of nitrogen functional groups attached to an aromatic ring is 2. The normalized spacial score (nSPS) is 10.2. The predicted molar refractivity (Wildman–Crippen MR) is 57.5 cm³/mol. The Hall–Kier alpha value is -1.82. The molecule has 0 radical (unpaired) electrons. The van der Waals surface area contributed by atoms with Crippen LogP contribution in [0.3, 0.4) is 0 Å². The Labute approximate surface area is 87.0 Å². The molecular weight excluding hydrogens is 198 g/mol. The van der Waals surface area contributed by atoms with Gasteiger partial charge in [0.05, 0.1) is 28.5 Å². The van der Waals surface area contributed by atoms with Crippen molar-refractivity contribution in [2.24, 2.45) is 0 Å². The molecular formula is C9H13N3O3. The van der Waals surface area contributed by atoms with Crippen molar-refractivity contribution in [1.82, 2.24) is 0 Å². The summed E-state index contributed by atoms with van der Waals surface area (Å²) in [6, 6.07) is 2.79. The van der Waals surface area contributed by atoms with Crippen molar-refractivity contribution in [2.45, 2.75) is 6.42 Å². The molecule has 0 unspecified atom stereocenters. The van der Waals surface area contributed by atoms with E-state index in [0.29, 0.717) is 24.3 Å². The van der Waals surface area contributed by atoms with Gasteiger partial charge in [-0.1, -0.05) is 0 Å². The third kappa shape index (κ3) is 2.35. The molecule has 0 aliphatic carbocycles. The highest BCUT2D eigenvalue weighted by atomic mass is 16.6. The monoisotopic (exact) mass is 211 g/mol. The summed E-state index contributed by atoms with van der Waals surface area (Å²) in [5, 5.41) is 10.7. The second kappa shape index (κ2) is 4.61. The molecule has 6 heteroatoms. The zero-order valence-corrected chi connectivity index (χ0v) is 8.40. The first kappa shape index (κ1) is 11.3. The first-order chi connectivity index (χ1) is 7.07. The van der Waals surface area contributed by atoms with Gasteiger partial charge in [-0.3, -0.25) is 10.1 Å². The largest absolute Gasteiger partial charge is 0.397 e.